The van der Waals surface area contributed by atoms with Crippen molar-refractivity contribution < 1.29 is 4.74 Å². The molecule has 3 nitrogen and oxygen atoms in total. The first kappa shape index (κ1) is 10.3. The van der Waals surface area contributed by atoms with E-state index in [0.717, 1.165) is 17.0 Å². The Labute approximate surface area is 83.7 Å². The van der Waals surface area contributed by atoms with Crippen molar-refractivity contribution >= 4 is 5.71 Å². The van der Waals surface area contributed by atoms with Gasteiger partial charge in [-0.3, -0.25) is 4.99 Å². The van der Waals surface area contributed by atoms with Gasteiger partial charge in [0.05, 0.1) is 13.2 Å². The van der Waals surface area contributed by atoms with Crippen molar-refractivity contribution in [2.24, 2.45) is 4.99 Å². The normalized spacial score (nSPS) is 10.8. The highest BCUT2D eigenvalue weighted by atomic mass is 16.5. The van der Waals surface area contributed by atoms with Gasteiger partial charge in [-0.05, 0) is 36.8 Å². The standard InChI is InChI=1S/C11H12N2O/c1-9(13-8-7-12)10-3-5-11(14-2)6-4-10/h3-6H,8H2,1-2H3. The molecular weight excluding hydrogens is 176 g/mol. The summed E-state index contributed by atoms with van der Waals surface area (Å²) in [7, 11) is 1.63. The highest BCUT2D eigenvalue weighted by Crippen LogP contribution is 2.11. The fourth-order valence-electron chi connectivity index (χ4n) is 1.08. The Kier molecular flexibility index (Phi) is 3.69. The first-order valence-corrected chi connectivity index (χ1v) is 4.30. The predicted molar refractivity (Wildman–Crippen MR) is 55.7 cm³/mol. The van der Waals surface area contributed by atoms with Gasteiger partial charge in [0.1, 0.15) is 12.3 Å². The van der Waals surface area contributed by atoms with Crippen LogP contribution in [-0.2, 0) is 0 Å². The third-order valence-electron chi connectivity index (χ3n) is 1.89. The molecule has 14 heavy (non-hydrogen) atoms. The van der Waals surface area contributed by atoms with Crippen LogP contribution < -0.4 is 4.74 Å². The van der Waals surface area contributed by atoms with Gasteiger partial charge in [0.2, 0.25) is 0 Å². The van der Waals surface area contributed by atoms with E-state index in [1.54, 1.807) is 7.11 Å². The van der Waals surface area contributed by atoms with E-state index in [2.05, 4.69) is 4.99 Å². The average Bonchev–Trinajstić information content (AvgIpc) is 2.26. The fourth-order valence-corrected chi connectivity index (χ4v) is 1.08. The molecule has 0 fully saturated rings. The zero-order valence-electron chi connectivity index (χ0n) is 8.32. The van der Waals surface area contributed by atoms with Gasteiger partial charge in [0.25, 0.3) is 0 Å². The minimum absolute atomic E-state index is 0.206. The van der Waals surface area contributed by atoms with Gasteiger partial charge in [-0.2, -0.15) is 5.26 Å². The van der Waals surface area contributed by atoms with Gasteiger partial charge in [0, 0.05) is 5.71 Å². The lowest BCUT2D eigenvalue weighted by molar-refractivity contribution is 0.415. The second kappa shape index (κ2) is 5.03. The molecule has 1 rings (SSSR count). The molecule has 3 heteroatoms. The smallest absolute Gasteiger partial charge is 0.126 e. The molecule has 0 N–H and O–H groups in total. The lowest BCUT2D eigenvalue weighted by Gasteiger charge is -2.02. The maximum atomic E-state index is 8.37. The largest absolute Gasteiger partial charge is 0.497 e. The summed E-state index contributed by atoms with van der Waals surface area (Å²) < 4.78 is 5.04. The van der Waals surface area contributed by atoms with Crippen molar-refractivity contribution in [3.05, 3.63) is 29.8 Å². The molecule has 1 aromatic carbocycles. The van der Waals surface area contributed by atoms with Crippen LogP contribution in [0.5, 0.6) is 5.75 Å². The number of nitrogens with zero attached hydrogens (tertiary/aromatic N) is 2. The number of methoxy groups -OCH3 is 1. The molecule has 72 valence electrons. The van der Waals surface area contributed by atoms with Crippen LogP contribution in [-0.4, -0.2) is 19.4 Å². The Morgan fingerprint density at radius 1 is 1.43 bits per heavy atom. The van der Waals surface area contributed by atoms with Crippen molar-refractivity contribution in [1.82, 2.24) is 0 Å². The summed E-state index contributed by atoms with van der Waals surface area (Å²) in [4.78, 5) is 4.08. The zero-order valence-corrected chi connectivity index (χ0v) is 8.32. The Hall–Kier alpha value is -1.82. The van der Waals surface area contributed by atoms with Crippen LogP contribution in [0.1, 0.15) is 12.5 Å². The SMILES string of the molecule is COc1ccc(C(C)=NCC#N)cc1. The molecule has 0 heterocycles. The molecule has 0 amide bonds. The van der Waals surface area contributed by atoms with Gasteiger partial charge in [-0.15, -0.1) is 0 Å². The van der Waals surface area contributed by atoms with Crippen molar-refractivity contribution in [3.8, 4) is 11.8 Å². The van der Waals surface area contributed by atoms with Crippen LogP contribution in [0.25, 0.3) is 0 Å². The van der Waals surface area contributed by atoms with Crippen LogP contribution >= 0.6 is 0 Å². The molecule has 0 bridgehead atoms. The van der Waals surface area contributed by atoms with Gasteiger partial charge >= 0.3 is 0 Å². The number of rotatable bonds is 3. The van der Waals surface area contributed by atoms with Crippen molar-refractivity contribution in [2.75, 3.05) is 13.7 Å². The maximum absolute atomic E-state index is 8.37. The fraction of sp³-hybridized carbons (Fsp3) is 0.273. The predicted octanol–water partition coefficient (Wildman–Crippen LogP) is 2.03. The topological polar surface area (TPSA) is 45.4 Å². The molecule has 0 saturated carbocycles. The van der Waals surface area contributed by atoms with E-state index in [0.29, 0.717) is 0 Å². The van der Waals surface area contributed by atoms with Gasteiger partial charge in [-0.1, -0.05) is 0 Å². The monoisotopic (exact) mass is 188 g/mol. The summed E-state index contributed by atoms with van der Waals surface area (Å²) in [5, 5.41) is 8.37. The molecule has 1 aromatic rings. The summed E-state index contributed by atoms with van der Waals surface area (Å²) in [6, 6.07) is 9.58. The Balaban J connectivity index is 2.82. The van der Waals surface area contributed by atoms with Crippen molar-refractivity contribution in [1.29, 1.82) is 5.26 Å². The molecule has 0 aliphatic heterocycles. The first-order valence-electron chi connectivity index (χ1n) is 4.30. The third-order valence-corrected chi connectivity index (χ3v) is 1.89. The summed E-state index contributed by atoms with van der Waals surface area (Å²) in [6.45, 7) is 2.09. The molecule has 0 aliphatic rings. The summed E-state index contributed by atoms with van der Waals surface area (Å²) in [5.74, 6) is 0.821. The van der Waals surface area contributed by atoms with Crippen molar-refractivity contribution in [2.45, 2.75) is 6.92 Å². The Morgan fingerprint density at radius 2 is 2.07 bits per heavy atom. The number of hydrogen-bond donors (Lipinski definition) is 0. The van der Waals surface area contributed by atoms with Crippen LogP contribution in [0.3, 0.4) is 0 Å². The van der Waals surface area contributed by atoms with Gasteiger partial charge in [0.15, 0.2) is 0 Å². The molecule has 0 atom stereocenters. The van der Waals surface area contributed by atoms with E-state index in [-0.39, 0.29) is 6.54 Å². The average molecular weight is 188 g/mol. The number of benzene rings is 1. The second-order valence-electron chi connectivity index (χ2n) is 2.79. The minimum atomic E-state index is 0.206. The van der Waals surface area contributed by atoms with E-state index in [4.69, 9.17) is 10.00 Å². The van der Waals surface area contributed by atoms with E-state index in [9.17, 15) is 0 Å². The Morgan fingerprint density at radius 3 is 2.57 bits per heavy atom. The van der Waals surface area contributed by atoms with Gasteiger partial charge in [-0.25, -0.2) is 0 Å². The zero-order chi connectivity index (χ0) is 10.4. The summed E-state index contributed by atoms with van der Waals surface area (Å²) in [6.07, 6.45) is 0. The highest BCUT2D eigenvalue weighted by Gasteiger charge is 1.96. The summed E-state index contributed by atoms with van der Waals surface area (Å²) in [5.41, 5.74) is 1.88. The van der Waals surface area contributed by atoms with E-state index in [1.807, 2.05) is 37.3 Å². The number of ether oxygens (including phenoxy) is 1. The number of hydrogen-bond acceptors (Lipinski definition) is 3. The molecule has 0 spiro atoms. The number of nitriles is 1. The first-order chi connectivity index (χ1) is 6.77. The highest BCUT2D eigenvalue weighted by molar-refractivity contribution is 5.98. The van der Waals surface area contributed by atoms with Crippen LogP contribution in [0.15, 0.2) is 29.3 Å². The van der Waals surface area contributed by atoms with Crippen LogP contribution in [0.2, 0.25) is 0 Å². The molecule has 0 aliphatic carbocycles. The third kappa shape index (κ3) is 2.60. The van der Waals surface area contributed by atoms with Crippen molar-refractivity contribution in [3.63, 3.8) is 0 Å². The maximum Gasteiger partial charge on any atom is 0.126 e. The van der Waals surface area contributed by atoms with E-state index in [1.165, 1.54) is 0 Å². The second-order valence-corrected chi connectivity index (χ2v) is 2.79. The lowest BCUT2D eigenvalue weighted by atomic mass is 10.1. The van der Waals surface area contributed by atoms with Crippen LogP contribution in [0.4, 0.5) is 0 Å². The van der Waals surface area contributed by atoms with Crippen LogP contribution in [0, 0.1) is 11.3 Å². The van der Waals surface area contributed by atoms with E-state index >= 15 is 0 Å². The molecule has 0 aromatic heterocycles. The number of aliphatic imine (C=N–C) groups is 1. The quantitative estimate of drug-likeness (QED) is 0.538. The molecule has 0 saturated heterocycles. The van der Waals surface area contributed by atoms with E-state index < -0.39 is 0 Å². The Bertz CT molecular complexity index is 360. The molecular formula is C11H12N2O. The molecule has 0 radical (unpaired) electrons. The lowest BCUT2D eigenvalue weighted by Crippen LogP contribution is -1.95. The minimum Gasteiger partial charge on any atom is -0.497 e. The molecule has 0 unspecified atom stereocenters. The van der Waals surface area contributed by atoms with Gasteiger partial charge < -0.3 is 4.74 Å². The summed E-state index contributed by atoms with van der Waals surface area (Å²) >= 11 is 0.